The normalized spacial score (nSPS) is 22.9. The average molecular weight is 393 g/mol. The zero-order valence-corrected chi connectivity index (χ0v) is 15.2. The van der Waals surface area contributed by atoms with E-state index in [-0.39, 0.29) is 17.0 Å². The first kappa shape index (κ1) is 18.3. The van der Waals surface area contributed by atoms with Gasteiger partial charge in [0.05, 0.1) is 10.5 Å². The van der Waals surface area contributed by atoms with Crippen molar-refractivity contribution in [3.05, 3.63) is 66.2 Å². The number of hydrogen-bond acceptors (Lipinski definition) is 2. The van der Waals surface area contributed by atoms with Crippen LogP contribution in [0.2, 0.25) is 0 Å². The predicted octanol–water partition coefficient (Wildman–Crippen LogP) is 4.85. The molecule has 0 N–H and O–H groups in total. The van der Waals surface area contributed by atoms with Gasteiger partial charge in [0.2, 0.25) is 10.0 Å². The van der Waals surface area contributed by atoms with Crippen molar-refractivity contribution in [3.63, 3.8) is 0 Å². The van der Waals surface area contributed by atoms with Gasteiger partial charge in [0.15, 0.2) is 0 Å². The van der Waals surface area contributed by atoms with Gasteiger partial charge in [0.1, 0.15) is 0 Å². The first-order chi connectivity index (χ1) is 12.8. The highest BCUT2D eigenvalue weighted by atomic mass is 32.2. The zero-order valence-electron chi connectivity index (χ0n) is 14.4. The minimum Gasteiger partial charge on any atom is -0.207 e. The van der Waals surface area contributed by atoms with Crippen molar-refractivity contribution in [3.8, 4) is 11.1 Å². The summed E-state index contributed by atoms with van der Waals surface area (Å²) in [5, 5.41) is 0. The summed E-state index contributed by atoms with van der Waals surface area (Å²) in [5.41, 5.74) is 0.213. The molecule has 0 spiro atoms. The molecule has 2 atom stereocenters. The molecule has 2 aliphatic rings. The smallest absolute Gasteiger partial charge is 0.207 e. The van der Waals surface area contributed by atoms with E-state index in [0.717, 1.165) is 31.4 Å². The maximum Gasteiger partial charge on any atom is 0.416 e. The summed E-state index contributed by atoms with van der Waals surface area (Å²) in [6.07, 6.45) is 1.95. The lowest BCUT2D eigenvalue weighted by molar-refractivity contribution is -0.137. The summed E-state index contributed by atoms with van der Waals surface area (Å²) >= 11 is 0. The summed E-state index contributed by atoms with van der Waals surface area (Å²) in [4.78, 5) is 0.172. The molecule has 0 saturated carbocycles. The molecule has 0 radical (unpaired) electrons. The molecular formula is C20H18F3NO2S. The highest BCUT2D eigenvalue weighted by Crippen LogP contribution is 2.37. The van der Waals surface area contributed by atoms with Crippen LogP contribution in [0.5, 0.6) is 0 Å². The fraction of sp³-hybridized carbons (Fsp3) is 0.300. The number of alkyl halides is 3. The quantitative estimate of drug-likeness (QED) is 0.699. The van der Waals surface area contributed by atoms with E-state index in [0.29, 0.717) is 11.1 Å². The Morgan fingerprint density at radius 1 is 0.963 bits per heavy atom. The fourth-order valence-electron chi connectivity index (χ4n) is 3.87. The molecule has 2 bridgehead atoms. The van der Waals surface area contributed by atoms with Crippen LogP contribution in [0, 0.1) is 0 Å². The van der Waals surface area contributed by atoms with Crippen LogP contribution in [0.25, 0.3) is 11.1 Å². The molecule has 2 aromatic carbocycles. The van der Waals surface area contributed by atoms with E-state index in [9.17, 15) is 21.6 Å². The third kappa shape index (κ3) is 3.30. The number of hydrogen-bond donors (Lipinski definition) is 0. The Labute approximate surface area is 156 Å². The second kappa shape index (κ2) is 6.49. The van der Waals surface area contributed by atoms with Gasteiger partial charge in [-0.05, 0) is 54.7 Å². The maximum absolute atomic E-state index is 13.0. The van der Waals surface area contributed by atoms with Crippen molar-refractivity contribution in [1.82, 2.24) is 4.31 Å². The first-order valence-corrected chi connectivity index (χ1v) is 10.2. The van der Waals surface area contributed by atoms with Gasteiger partial charge in [-0.3, -0.25) is 0 Å². The Morgan fingerprint density at radius 2 is 1.70 bits per heavy atom. The summed E-state index contributed by atoms with van der Waals surface area (Å²) in [7, 11) is -3.63. The third-order valence-electron chi connectivity index (χ3n) is 5.20. The van der Waals surface area contributed by atoms with E-state index in [4.69, 9.17) is 0 Å². The number of benzene rings is 2. The average Bonchev–Trinajstić information content (AvgIpc) is 2.92. The van der Waals surface area contributed by atoms with Crippen LogP contribution in [-0.4, -0.2) is 24.8 Å². The van der Waals surface area contributed by atoms with Gasteiger partial charge in [0, 0.05) is 12.1 Å². The van der Waals surface area contributed by atoms with Crippen LogP contribution in [-0.2, 0) is 16.2 Å². The van der Waals surface area contributed by atoms with E-state index in [1.807, 2.05) is 12.2 Å². The Kier molecular flexibility index (Phi) is 4.39. The topological polar surface area (TPSA) is 37.4 Å². The van der Waals surface area contributed by atoms with Crippen LogP contribution in [0.1, 0.15) is 24.8 Å². The predicted molar refractivity (Wildman–Crippen MR) is 96.5 cm³/mol. The fourth-order valence-corrected chi connectivity index (χ4v) is 5.71. The molecule has 2 aromatic rings. The molecular weight excluding hydrogens is 375 g/mol. The summed E-state index contributed by atoms with van der Waals surface area (Å²) < 4.78 is 66.3. The molecule has 27 heavy (non-hydrogen) atoms. The van der Waals surface area contributed by atoms with E-state index in [1.165, 1.54) is 18.2 Å². The largest absolute Gasteiger partial charge is 0.416 e. The van der Waals surface area contributed by atoms with Gasteiger partial charge in [0.25, 0.3) is 0 Å². The molecule has 0 aromatic heterocycles. The SMILES string of the molecule is O=S(=O)(c1ccc(-c2cccc(C(F)(F)F)c2)cc1)N1C2C=CCC1CC2. The summed E-state index contributed by atoms with van der Waals surface area (Å²) in [5.74, 6) is 0. The molecule has 2 unspecified atom stereocenters. The van der Waals surface area contributed by atoms with E-state index in [1.54, 1.807) is 22.5 Å². The van der Waals surface area contributed by atoms with Crippen molar-refractivity contribution >= 4 is 10.0 Å². The summed E-state index contributed by atoms with van der Waals surface area (Å²) in [6.45, 7) is 0. The number of fused-ring (bicyclic) bond motifs is 2. The molecule has 3 nitrogen and oxygen atoms in total. The zero-order chi connectivity index (χ0) is 19.2. The van der Waals surface area contributed by atoms with Gasteiger partial charge >= 0.3 is 6.18 Å². The van der Waals surface area contributed by atoms with E-state index in [2.05, 4.69) is 0 Å². The van der Waals surface area contributed by atoms with Gasteiger partial charge < -0.3 is 0 Å². The molecule has 2 heterocycles. The van der Waals surface area contributed by atoms with Crippen molar-refractivity contribution in [2.24, 2.45) is 0 Å². The molecule has 1 saturated heterocycles. The Balaban J connectivity index is 1.64. The van der Waals surface area contributed by atoms with Crippen LogP contribution >= 0.6 is 0 Å². The van der Waals surface area contributed by atoms with E-state index < -0.39 is 21.8 Å². The number of nitrogens with zero attached hydrogens (tertiary/aromatic N) is 1. The van der Waals surface area contributed by atoms with Crippen molar-refractivity contribution < 1.29 is 21.6 Å². The molecule has 142 valence electrons. The highest BCUT2D eigenvalue weighted by Gasteiger charge is 2.42. The van der Waals surface area contributed by atoms with Crippen LogP contribution < -0.4 is 0 Å². The highest BCUT2D eigenvalue weighted by molar-refractivity contribution is 7.89. The van der Waals surface area contributed by atoms with Crippen molar-refractivity contribution in [2.75, 3.05) is 0 Å². The molecule has 2 aliphatic heterocycles. The lowest BCUT2D eigenvalue weighted by Crippen LogP contribution is -2.41. The minimum absolute atomic E-state index is 0.00635. The number of rotatable bonds is 3. The second-order valence-electron chi connectivity index (χ2n) is 6.90. The Bertz CT molecular complexity index is 981. The first-order valence-electron chi connectivity index (χ1n) is 8.75. The molecule has 1 fully saturated rings. The molecule has 0 aliphatic carbocycles. The lowest BCUT2D eigenvalue weighted by atomic mass is 10.0. The maximum atomic E-state index is 13.0. The van der Waals surface area contributed by atoms with Crippen LogP contribution in [0.15, 0.2) is 65.6 Å². The number of sulfonamides is 1. The standard InChI is InChI=1S/C20H18F3NO2S/c21-20(22,23)16-4-1-3-15(13-16)14-7-11-19(12-8-14)27(25,26)24-17-5-2-6-18(24)10-9-17/h1-5,7-8,11-13,17-18H,6,9-10H2. The van der Waals surface area contributed by atoms with Gasteiger partial charge in [-0.25, -0.2) is 8.42 Å². The van der Waals surface area contributed by atoms with Crippen molar-refractivity contribution in [2.45, 2.75) is 42.4 Å². The monoisotopic (exact) mass is 393 g/mol. The minimum atomic E-state index is -4.42. The van der Waals surface area contributed by atoms with Gasteiger partial charge in [-0.2, -0.15) is 17.5 Å². The molecule has 4 rings (SSSR count). The van der Waals surface area contributed by atoms with Gasteiger partial charge in [-0.15, -0.1) is 0 Å². The second-order valence-corrected chi connectivity index (χ2v) is 8.74. The summed E-state index contributed by atoms with van der Waals surface area (Å²) in [6, 6.07) is 11.0. The molecule has 0 amide bonds. The lowest BCUT2D eigenvalue weighted by Gasteiger charge is -2.30. The third-order valence-corrected chi connectivity index (χ3v) is 7.19. The van der Waals surface area contributed by atoms with Crippen LogP contribution in [0.4, 0.5) is 13.2 Å². The van der Waals surface area contributed by atoms with Crippen LogP contribution in [0.3, 0.4) is 0 Å². The van der Waals surface area contributed by atoms with Gasteiger partial charge in [-0.1, -0.05) is 36.4 Å². The van der Waals surface area contributed by atoms with E-state index >= 15 is 0 Å². The molecule has 7 heteroatoms. The Hall–Kier alpha value is -2.12. The number of halogens is 3. The Morgan fingerprint density at radius 3 is 2.37 bits per heavy atom. The van der Waals surface area contributed by atoms with Crippen molar-refractivity contribution in [1.29, 1.82) is 0 Å².